The molecule has 0 spiro atoms. The lowest BCUT2D eigenvalue weighted by Gasteiger charge is -2.43. The molecule has 1 heteroatoms. The summed E-state index contributed by atoms with van der Waals surface area (Å²) in [5.41, 5.74) is 0. The predicted molar refractivity (Wildman–Crippen MR) is 59.2 cm³/mol. The van der Waals surface area contributed by atoms with Crippen LogP contribution in [0.3, 0.4) is 0 Å². The summed E-state index contributed by atoms with van der Waals surface area (Å²) in [6, 6.07) is 0. The highest BCUT2D eigenvalue weighted by atomic mass is 16.5. The molecule has 2 aliphatic rings. The van der Waals surface area contributed by atoms with Gasteiger partial charge >= 0.3 is 0 Å². The van der Waals surface area contributed by atoms with Gasteiger partial charge in [0.05, 0.1) is 0 Å². The molecule has 0 radical (unpaired) electrons. The first-order chi connectivity index (χ1) is 6.81. The molecule has 0 aromatic rings. The molecule has 2 saturated carbocycles. The van der Waals surface area contributed by atoms with Crippen LogP contribution in [-0.4, -0.2) is 13.7 Å². The van der Waals surface area contributed by atoms with Crippen LogP contribution in [0, 0.1) is 23.7 Å². The average Bonchev–Trinajstić information content (AvgIpc) is 2.19. The maximum atomic E-state index is 5.37. The third-order valence-corrected chi connectivity index (χ3v) is 4.45. The van der Waals surface area contributed by atoms with Gasteiger partial charge in [-0.2, -0.15) is 0 Å². The first-order valence-electron chi connectivity index (χ1n) is 6.30. The summed E-state index contributed by atoms with van der Waals surface area (Å²) in [5, 5.41) is 0. The van der Waals surface area contributed by atoms with Gasteiger partial charge in [0.1, 0.15) is 0 Å². The SMILES string of the molecule is COCC1CCCC2CC[C@@H](C)CC21. The van der Waals surface area contributed by atoms with Crippen molar-refractivity contribution in [2.45, 2.75) is 45.4 Å². The summed E-state index contributed by atoms with van der Waals surface area (Å²) >= 11 is 0. The van der Waals surface area contributed by atoms with Crippen molar-refractivity contribution < 1.29 is 4.74 Å². The molecule has 82 valence electrons. The fourth-order valence-corrected chi connectivity index (χ4v) is 3.70. The second-order valence-electron chi connectivity index (χ2n) is 5.49. The zero-order valence-electron chi connectivity index (χ0n) is 9.67. The van der Waals surface area contributed by atoms with Gasteiger partial charge < -0.3 is 4.74 Å². The maximum absolute atomic E-state index is 5.37. The second kappa shape index (κ2) is 4.65. The van der Waals surface area contributed by atoms with Crippen molar-refractivity contribution in [3.05, 3.63) is 0 Å². The predicted octanol–water partition coefficient (Wildman–Crippen LogP) is 3.49. The van der Waals surface area contributed by atoms with Crippen LogP contribution in [-0.2, 0) is 4.74 Å². The number of rotatable bonds is 2. The molecule has 0 aromatic carbocycles. The smallest absolute Gasteiger partial charge is 0.0493 e. The van der Waals surface area contributed by atoms with E-state index in [2.05, 4.69) is 6.92 Å². The van der Waals surface area contributed by atoms with Crippen LogP contribution < -0.4 is 0 Å². The van der Waals surface area contributed by atoms with Gasteiger partial charge in [-0.1, -0.05) is 26.2 Å². The Hall–Kier alpha value is -0.0400. The van der Waals surface area contributed by atoms with Gasteiger partial charge in [0.25, 0.3) is 0 Å². The van der Waals surface area contributed by atoms with E-state index in [9.17, 15) is 0 Å². The Bertz CT molecular complexity index is 176. The van der Waals surface area contributed by atoms with Crippen LogP contribution in [0.2, 0.25) is 0 Å². The summed E-state index contributed by atoms with van der Waals surface area (Å²) in [7, 11) is 1.86. The van der Waals surface area contributed by atoms with Crippen molar-refractivity contribution in [3.63, 3.8) is 0 Å². The number of ether oxygens (including phenoxy) is 1. The number of methoxy groups -OCH3 is 1. The van der Waals surface area contributed by atoms with E-state index in [0.29, 0.717) is 0 Å². The summed E-state index contributed by atoms with van der Waals surface area (Å²) < 4.78 is 5.37. The van der Waals surface area contributed by atoms with Crippen molar-refractivity contribution in [1.82, 2.24) is 0 Å². The van der Waals surface area contributed by atoms with E-state index in [0.717, 1.165) is 30.3 Å². The normalized spacial score (nSPS) is 43.3. The Kier molecular flexibility index (Phi) is 3.48. The fourth-order valence-electron chi connectivity index (χ4n) is 3.70. The molecule has 0 aliphatic heterocycles. The molecule has 1 nitrogen and oxygen atoms in total. The van der Waals surface area contributed by atoms with E-state index < -0.39 is 0 Å². The third kappa shape index (κ3) is 2.13. The van der Waals surface area contributed by atoms with Crippen LogP contribution in [0.1, 0.15) is 45.4 Å². The minimum absolute atomic E-state index is 0.876. The molecule has 0 amide bonds. The molecular formula is C13H24O. The van der Waals surface area contributed by atoms with E-state index in [1.54, 1.807) is 0 Å². The zero-order chi connectivity index (χ0) is 9.97. The largest absolute Gasteiger partial charge is 0.384 e. The van der Waals surface area contributed by atoms with Gasteiger partial charge in [-0.25, -0.2) is 0 Å². The molecule has 14 heavy (non-hydrogen) atoms. The minimum atomic E-state index is 0.876. The molecule has 0 bridgehead atoms. The maximum Gasteiger partial charge on any atom is 0.0493 e. The van der Waals surface area contributed by atoms with Gasteiger partial charge in [-0.3, -0.25) is 0 Å². The first kappa shape index (κ1) is 10.5. The van der Waals surface area contributed by atoms with E-state index in [-0.39, 0.29) is 0 Å². The summed E-state index contributed by atoms with van der Waals surface area (Å²) in [6.45, 7) is 3.43. The lowest BCUT2D eigenvalue weighted by atomic mass is 9.63. The molecule has 0 aromatic heterocycles. The molecule has 4 atom stereocenters. The van der Waals surface area contributed by atoms with Crippen molar-refractivity contribution in [2.24, 2.45) is 23.7 Å². The highest BCUT2D eigenvalue weighted by Gasteiger charge is 2.36. The summed E-state index contributed by atoms with van der Waals surface area (Å²) in [5.74, 6) is 3.88. The lowest BCUT2D eigenvalue weighted by molar-refractivity contribution is 0.0272. The molecular weight excluding hydrogens is 172 g/mol. The van der Waals surface area contributed by atoms with Crippen molar-refractivity contribution in [1.29, 1.82) is 0 Å². The van der Waals surface area contributed by atoms with Gasteiger partial charge in [0, 0.05) is 13.7 Å². The van der Waals surface area contributed by atoms with Crippen LogP contribution >= 0.6 is 0 Å². The highest BCUT2D eigenvalue weighted by molar-refractivity contribution is 4.86. The summed E-state index contributed by atoms with van der Waals surface area (Å²) in [6.07, 6.45) is 8.80. The van der Waals surface area contributed by atoms with Crippen LogP contribution in [0.4, 0.5) is 0 Å². The quantitative estimate of drug-likeness (QED) is 0.657. The first-order valence-corrected chi connectivity index (χ1v) is 6.30. The molecule has 2 aliphatic carbocycles. The topological polar surface area (TPSA) is 9.23 Å². The van der Waals surface area contributed by atoms with Crippen molar-refractivity contribution in [2.75, 3.05) is 13.7 Å². The fraction of sp³-hybridized carbons (Fsp3) is 1.00. The molecule has 2 fully saturated rings. The zero-order valence-corrected chi connectivity index (χ0v) is 9.67. The van der Waals surface area contributed by atoms with Gasteiger partial charge in [-0.05, 0) is 42.9 Å². The molecule has 2 rings (SSSR count). The Morgan fingerprint density at radius 3 is 2.79 bits per heavy atom. The number of fused-ring (bicyclic) bond motifs is 1. The Morgan fingerprint density at radius 1 is 1.14 bits per heavy atom. The van der Waals surface area contributed by atoms with E-state index in [1.165, 1.54) is 38.5 Å². The average molecular weight is 196 g/mol. The van der Waals surface area contributed by atoms with Crippen molar-refractivity contribution in [3.8, 4) is 0 Å². The van der Waals surface area contributed by atoms with E-state index in [4.69, 9.17) is 4.74 Å². The molecule has 0 saturated heterocycles. The Morgan fingerprint density at radius 2 is 2.00 bits per heavy atom. The minimum Gasteiger partial charge on any atom is -0.384 e. The summed E-state index contributed by atoms with van der Waals surface area (Å²) in [4.78, 5) is 0. The molecule has 0 N–H and O–H groups in total. The van der Waals surface area contributed by atoms with E-state index >= 15 is 0 Å². The molecule has 0 heterocycles. The van der Waals surface area contributed by atoms with Crippen LogP contribution in [0.25, 0.3) is 0 Å². The standard InChI is InChI=1S/C13H24O/c1-10-6-7-11-4-3-5-12(9-14-2)13(11)8-10/h10-13H,3-9H2,1-2H3/t10-,11?,12?,13?/m1/s1. The van der Waals surface area contributed by atoms with Crippen LogP contribution in [0.5, 0.6) is 0 Å². The molecule has 3 unspecified atom stereocenters. The van der Waals surface area contributed by atoms with Gasteiger partial charge in [-0.15, -0.1) is 0 Å². The Labute approximate surface area is 88.2 Å². The highest BCUT2D eigenvalue weighted by Crippen LogP contribution is 2.45. The number of hydrogen-bond donors (Lipinski definition) is 0. The Balaban J connectivity index is 1.97. The third-order valence-electron chi connectivity index (χ3n) is 4.45. The lowest BCUT2D eigenvalue weighted by Crippen LogP contribution is -2.35. The monoisotopic (exact) mass is 196 g/mol. The van der Waals surface area contributed by atoms with Crippen molar-refractivity contribution >= 4 is 0 Å². The van der Waals surface area contributed by atoms with Gasteiger partial charge in [0.2, 0.25) is 0 Å². The van der Waals surface area contributed by atoms with Crippen LogP contribution in [0.15, 0.2) is 0 Å². The van der Waals surface area contributed by atoms with E-state index in [1.807, 2.05) is 7.11 Å². The second-order valence-corrected chi connectivity index (χ2v) is 5.49. The number of hydrogen-bond acceptors (Lipinski definition) is 1. The van der Waals surface area contributed by atoms with Gasteiger partial charge in [0.15, 0.2) is 0 Å².